The molecular formula is C6H12N2O3S2. The van der Waals surface area contributed by atoms with Crippen LogP contribution in [0.25, 0.3) is 0 Å². The molecular weight excluding hydrogens is 212 g/mol. The first kappa shape index (κ1) is 12.8. The van der Waals surface area contributed by atoms with Crippen LogP contribution in [0.5, 0.6) is 0 Å². The van der Waals surface area contributed by atoms with Crippen molar-refractivity contribution in [1.29, 1.82) is 0 Å². The highest BCUT2D eigenvalue weighted by molar-refractivity contribution is 8.11. The zero-order chi connectivity index (χ0) is 10.6. The Morgan fingerprint density at radius 1 is 1.62 bits per heavy atom. The summed E-state index contributed by atoms with van der Waals surface area (Å²) in [5.74, 6) is -1.03. The lowest BCUT2D eigenvalue weighted by Gasteiger charge is -2.28. The van der Waals surface area contributed by atoms with Crippen LogP contribution >= 0.6 is 24.8 Å². The van der Waals surface area contributed by atoms with E-state index >= 15 is 0 Å². The summed E-state index contributed by atoms with van der Waals surface area (Å²) in [6.45, 7) is 0. The van der Waals surface area contributed by atoms with Crippen molar-refractivity contribution in [3.63, 3.8) is 0 Å². The molecule has 1 unspecified atom stereocenters. The zero-order valence-electron chi connectivity index (χ0n) is 6.80. The number of carbonyl (C=O) groups is 1. The monoisotopic (exact) mass is 224 g/mol. The second kappa shape index (κ2) is 4.87. The van der Waals surface area contributed by atoms with E-state index in [0.717, 1.165) is 0 Å². The Labute approximate surface area is 86.5 Å². The summed E-state index contributed by atoms with van der Waals surface area (Å²) >= 11 is 8.26. The molecule has 5 nitrogen and oxygen atoms in total. The number of aliphatic hydroxyl groups is 1. The van der Waals surface area contributed by atoms with Crippen LogP contribution in [-0.4, -0.2) is 32.1 Å². The minimum absolute atomic E-state index is 0.0459. The number of hydrogen-bond acceptors (Lipinski definition) is 5. The lowest BCUT2D eigenvalue weighted by Crippen LogP contribution is -2.60. The van der Waals surface area contributed by atoms with Crippen LogP contribution in [0.4, 0.5) is 0 Å². The van der Waals surface area contributed by atoms with Crippen molar-refractivity contribution in [3.8, 4) is 0 Å². The van der Waals surface area contributed by atoms with Gasteiger partial charge in [0.2, 0.25) is 0 Å². The summed E-state index contributed by atoms with van der Waals surface area (Å²) < 4.78 is -0.0459. The van der Waals surface area contributed by atoms with Gasteiger partial charge in [0, 0.05) is 6.42 Å². The molecule has 0 rings (SSSR count). The van der Waals surface area contributed by atoms with E-state index in [1.54, 1.807) is 0 Å². The molecule has 76 valence electrons. The number of rotatable bonds is 5. The van der Waals surface area contributed by atoms with Crippen molar-refractivity contribution in [3.05, 3.63) is 0 Å². The highest BCUT2D eigenvalue weighted by atomic mass is 32.1. The number of nitrogens with two attached hydrogens (primary N) is 2. The maximum atomic E-state index is 10.2. The van der Waals surface area contributed by atoms with Gasteiger partial charge in [-0.15, -0.1) is 12.6 Å². The standard InChI is InChI=1S/C6H12N2O3S2/c7-6(8,2-1-3(9)10)4(11)5(12)13/h4,11H,1-2,7-8H2,(H,9,10)(H,12,13). The molecule has 0 saturated carbocycles. The van der Waals surface area contributed by atoms with Crippen LogP contribution in [-0.2, 0) is 4.79 Å². The van der Waals surface area contributed by atoms with Crippen LogP contribution < -0.4 is 11.5 Å². The number of thiol groups is 1. The van der Waals surface area contributed by atoms with E-state index in [9.17, 15) is 9.90 Å². The largest absolute Gasteiger partial charge is 0.481 e. The molecule has 0 radical (unpaired) electrons. The van der Waals surface area contributed by atoms with E-state index in [2.05, 4.69) is 24.8 Å². The zero-order valence-corrected chi connectivity index (χ0v) is 8.52. The Hall–Kier alpha value is -0.210. The molecule has 13 heavy (non-hydrogen) atoms. The minimum atomic E-state index is -1.53. The van der Waals surface area contributed by atoms with Gasteiger partial charge in [-0.2, -0.15) is 0 Å². The number of carboxylic acid groups (broad SMARTS) is 1. The second-order valence-electron chi connectivity index (χ2n) is 2.75. The third-order valence-electron chi connectivity index (χ3n) is 1.51. The van der Waals surface area contributed by atoms with Gasteiger partial charge in [-0.1, -0.05) is 12.2 Å². The summed E-state index contributed by atoms with van der Waals surface area (Å²) in [6, 6.07) is 0. The van der Waals surface area contributed by atoms with E-state index in [4.69, 9.17) is 16.6 Å². The van der Waals surface area contributed by atoms with Crippen LogP contribution in [0.3, 0.4) is 0 Å². The van der Waals surface area contributed by atoms with E-state index < -0.39 is 17.7 Å². The molecule has 6 N–H and O–H groups in total. The first-order valence-corrected chi connectivity index (χ1v) is 4.33. The fourth-order valence-corrected chi connectivity index (χ4v) is 1.15. The van der Waals surface area contributed by atoms with Gasteiger partial charge in [-0.3, -0.25) is 4.79 Å². The molecule has 0 amide bonds. The quantitative estimate of drug-likeness (QED) is 0.235. The molecule has 0 heterocycles. The lowest BCUT2D eigenvalue weighted by atomic mass is 10.0. The summed E-state index contributed by atoms with van der Waals surface area (Å²) in [4.78, 5) is 10.2. The molecule has 0 aliphatic rings. The number of thiocarbonyl (C=S) groups is 1. The third kappa shape index (κ3) is 4.53. The molecule has 0 aromatic carbocycles. The minimum Gasteiger partial charge on any atom is -0.481 e. The topological polar surface area (TPSA) is 110 Å². The van der Waals surface area contributed by atoms with Crippen molar-refractivity contribution in [1.82, 2.24) is 0 Å². The van der Waals surface area contributed by atoms with E-state index in [-0.39, 0.29) is 17.0 Å². The van der Waals surface area contributed by atoms with Gasteiger partial charge in [-0.05, 0) is 6.42 Å². The molecule has 0 aliphatic carbocycles. The van der Waals surface area contributed by atoms with Crippen LogP contribution in [0, 0.1) is 0 Å². The van der Waals surface area contributed by atoms with E-state index in [0.29, 0.717) is 0 Å². The fraction of sp³-hybridized carbons (Fsp3) is 0.667. The molecule has 0 aromatic rings. The number of carboxylic acids is 1. The van der Waals surface area contributed by atoms with Gasteiger partial charge in [0.15, 0.2) is 0 Å². The Morgan fingerprint density at radius 2 is 2.08 bits per heavy atom. The summed E-state index contributed by atoms with van der Waals surface area (Å²) in [5, 5.41) is 17.7. The van der Waals surface area contributed by atoms with Crippen LogP contribution in [0.15, 0.2) is 0 Å². The van der Waals surface area contributed by atoms with Crippen molar-refractivity contribution < 1.29 is 15.0 Å². The van der Waals surface area contributed by atoms with Crippen molar-refractivity contribution in [2.24, 2.45) is 11.5 Å². The molecule has 0 bridgehead atoms. The average molecular weight is 224 g/mol. The molecule has 0 aliphatic heterocycles. The molecule has 0 aromatic heterocycles. The van der Waals surface area contributed by atoms with Gasteiger partial charge in [0.05, 0.1) is 9.86 Å². The summed E-state index contributed by atoms with van der Waals surface area (Å²) in [5.41, 5.74) is 9.34. The van der Waals surface area contributed by atoms with Crippen molar-refractivity contribution in [2.45, 2.75) is 24.6 Å². The van der Waals surface area contributed by atoms with Gasteiger partial charge in [0.25, 0.3) is 0 Å². The predicted molar refractivity (Wildman–Crippen MR) is 55.6 cm³/mol. The number of hydrogen-bond donors (Lipinski definition) is 5. The van der Waals surface area contributed by atoms with Gasteiger partial charge < -0.3 is 21.7 Å². The van der Waals surface area contributed by atoms with Gasteiger partial charge in [-0.25, -0.2) is 0 Å². The Bertz CT molecular complexity index is 220. The SMILES string of the molecule is NC(N)(CCC(=O)O)C(O)C(=S)S. The smallest absolute Gasteiger partial charge is 0.303 e. The average Bonchev–Trinajstić information content (AvgIpc) is 1.99. The van der Waals surface area contributed by atoms with E-state index in [1.165, 1.54) is 0 Å². The Kier molecular flexibility index (Phi) is 4.79. The fourth-order valence-electron chi connectivity index (χ4n) is 0.690. The van der Waals surface area contributed by atoms with Crippen molar-refractivity contribution >= 4 is 35.0 Å². The first-order valence-electron chi connectivity index (χ1n) is 3.48. The predicted octanol–water partition coefficient (Wildman–Crippen LogP) is -0.917. The maximum absolute atomic E-state index is 10.2. The highest BCUT2D eigenvalue weighted by Crippen LogP contribution is 2.11. The van der Waals surface area contributed by atoms with Crippen LogP contribution in [0.2, 0.25) is 0 Å². The molecule has 0 spiro atoms. The number of aliphatic hydroxyl groups excluding tert-OH is 1. The molecule has 0 saturated heterocycles. The van der Waals surface area contributed by atoms with E-state index in [1.807, 2.05) is 0 Å². The lowest BCUT2D eigenvalue weighted by molar-refractivity contribution is -0.137. The normalized spacial score (nSPS) is 13.8. The second-order valence-corrected chi connectivity index (χ2v) is 3.97. The summed E-state index contributed by atoms with van der Waals surface area (Å²) in [7, 11) is 0. The first-order chi connectivity index (χ1) is 5.77. The number of aliphatic carboxylic acids is 1. The maximum Gasteiger partial charge on any atom is 0.303 e. The molecule has 1 atom stereocenters. The van der Waals surface area contributed by atoms with Crippen LogP contribution in [0.1, 0.15) is 12.8 Å². The van der Waals surface area contributed by atoms with Crippen molar-refractivity contribution in [2.75, 3.05) is 0 Å². The Morgan fingerprint density at radius 3 is 2.38 bits per heavy atom. The Balaban J connectivity index is 4.21. The molecule has 7 heteroatoms. The molecule has 0 fully saturated rings. The third-order valence-corrected chi connectivity index (χ3v) is 1.98. The summed E-state index contributed by atoms with van der Waals surface area (Å²) in [6.07, 6.45) is -1.57. The van der Waals surface area contributed by atoms with Gasteiger partial charge >= 0.3 is 5.97 Å². The highest BCUT2D eigenvalue weighted by Gasteiger charge is 2.31. The van der Waals surface area contributed by atoms with Gasteiger partial charge in [0.1, 0.15) is 6.10 Å².